The summed E-state index contributed by atoms with van der Waals surface area (Å²) in [5, 5.41) is 2.71. The summed E-state index contributed by atoms with van der Waals surface area (Å²) in [5.74, 6) is -1.29. The minimum Gasteiger partial charge on any atom is -0.449 e. The number of nitrogens with zero attached hydrogens (tertiary/aromatic N) is 1. The van der Waals surface area contributed by atoms with Gasteiger partial charge in [-0.15, -0.1) is 0 Å². The van der Waals surface area contributed by atoms with Crippen molar-refractivity contribution in [1.29, 1.82) is 0 Å². The predicted molar refractivity (Wildman–Crippen MR) is 112 cm³/mol. The molecule has 7 nitrogen and oxygen atoms in total. The Balaban J connectivity index is 2.11. The number of carbonyl (C=O) groups is 2. The van der Waals surface area contributed by atoms with Gasteiger partial charge in [-0.3, -0.25) is 4.79 Å². The second-order valence-corrected chi connectivity index (χ2v) is 8.90. The quantitative estimate of drug-likeness (QED) is 0.398. The highest BCUT2D eigenvalue weighted by atomic mass is 35.5. The standard InChI is InChI=1S/C20H25ClN2O5S/c1-3-4-6-9-19(24)28-15(2)20(25)22-18-14-16(10-11-17(18)21)29(26,27)23-12-7-5-8-13-23/h3-4,6,9-11,14-15H,5,7-8,12-13H2,1-2H3,(H,22,25). The van der Waals surface area contributed by atoms with E-state index in [1.165, 1.54) is 41.6 Å². The monoisotopic (exact) mass is 440 g/mol. The largest absolute Gasteiger partial charge is 0.449 e. The SMILES string of the molecule is CC=CC=CC(=O)OC(C)C(=O)Nc1cc(S(=O)(=O)N2CCCCC2)ccc1Cl. The highest BCUT2D eigenvalue weighted by molar-refractivity contribution is 7.89. The Hall–Kier alpha value is -2.16. The van der Waals surface area contributed by atoms with Crippen LogP contribution in [0.5, 0.6) is 0 Å². The number of esters is 1. The molecule has 1 fully saturated rings. The van der Waals surface area contributed by atoms with Crippen LogP contribution in [0, 0.1) is 0 Å². The van der Waals surface area contributed by atoms with Crippen molar-refractivity contribution in [2.45, 2.75) is 44.1 Å². The fourth-order valence-corrected chi connectivity index (χ4v) is 4.47. The number of sulfonamides is 1. The molecule has 1 heterocycles. The minimum absolute atomic E-state index is 0.0537. The van der Waals surface area contributed by atoms with Gasteiger partial charge in [-0.05, 0) is 44.9 Å². The molecule has 1 N–H and O–H groups in total. The molecule has 1 unspecified atom stereocenters. The molecule has 158 valence electrons. The molecule has 1 amide bonds. The number of benzene rings is 1. The van der Waals surface area contributed by atoms with Crippen LogP contribution in [-0.4, -0.2) is 43.8 Å². The molecule has 9 heteroatoms. The molecule has 1 aliphatic rings. The first-order chi connectivity index (χ1) is 13.8. The van der Waals surface area contributed by atoms with Crippen molar-refractivity contribution in [1.82, 2.24) is 4.31 Å². The van der Waals surface area contributed by atoms with E-state index in [0.29, 0.717) is 13.1 Å². The number of anilines is 1. The van der Waals surface area contributed by atoms with E-state index in [4.69, 9.17) is 16.3 Å². The molecule has 29 heavy (non-hydrogen) atoms. The Labute approximate surface area is 176 Å². The van der Waals surface area contributed by atoms with Crippen LogP contribution < -0.4 is 5.32 Å². The molecule has 0 bridgehead atoms. The van der Waals surface area contributed by atoms with Crippen LogP contribution in [0.25, 0.3) is 0 Å². The molecular weight excluding hydrogens is 416 g/mol. The second kappa shape index (κ2) is 10.6. The average molecular weight is 441 g/mol. The third kappa shape index (κ3) is 6.42. The summed E-state index contributed by atoms with van der Waals surface area (Å²) in [4.78, 5) is 24.1. The van der Waals surface area contributed by atoms with Crippen LogP contribution in [0.1, 0.15) is 33.1 Å². The Morgan fingerprint density at radius 2 is 1.90 bits per heavy atom. The summed E-state index contributed by atoms with van der Waals surface area (Å²) < 4.78 is 32.1. The summed E-state index contributed by atoms with van der Waals surface area (Å²) in [6.45, 7) is 4.16. The number of halogens is 1. The van der Waals surface area contributed by atoms with E-state index in [-0.39, 0.29) is 15.6 Å². The molecule has 1 saturated heterocycles. The zero-order chi connectivity index (χ0) is 21.4. The number of allylic oxidation sites excluding steroid dienone is 3. The summed E-state index contributed by atoms with van der Waals surface area (Å²) in [6.07, 6.45) is 7.66. The van der Waals surface area contributed by atoms with Gasteiger partial charge in [0.25, 0.3) is 5.91 Å². The third-order valence-corrected chi connectivity index (χ3v) is 6.57. The van der Waals surface area contributed by atoms with Crippen LogP contribution in [-0.2, 0) is 24.3 Å². The lowest BCUT2D eigenvalue weighted by Gasteiger charge is -2.26. The number of hydrogen-bond acceptors (Lipinski definition) is 5. The molecule has 0 saturated carbocycles. The molecule has 1 atom stereocenters. The fraction of sp³-hybridized carbons (Fsp3) is 0.400. The molecule has 1 aliphatic heterocycles. The Kier molecular flexibility index (Phi) is 8.43. The van der Waals surface area contributed by atoms with Gasteiger partial charge < -0.3 is 10.1 Å². The maximum atomic E-state index is 12.8. The number of nitrogens with one attached hydrogen (secondary N) is 1. The van der Waals surface area contributed by atoms with Gasteiger partial charge >= 0.3 is 5.97 Å². The zero-order valence-electron chi connectivity index (χ0n) is 16.4. The van der Waals surface area contributed by atoms with Gasteiger partial charge in [0.15, 0.2) is 6.10 Å². The molecule has 1 aromatic rings. The van der Waals surface area contributed by atoms with Crippen molar-refractivity contribution in [3.05, 3.63) is 47.5 Å². The predicted octanol–water partition coefficient (Wildman–Crippen LogP) is 3.52. The van der Waals surface area contributed by atoms with E-state index in [0.717, 1.165) is 19.3 Å². The first-order valence-electron chi connectivity index (χ1n) is 9.36. The molecule has 1 aromatic carbocycles. The van der Waals surface area contributed by atoms with Crippen LogP contribution in [0.2, 0.25) is 5.02 Å². The summed E-state index contributed by atoms with van der Waals surface area (Å²) in [5.41, 5.74) is 0.141. The maximum Gasteiger partial charge on any atom is 0.331 e. The highest BCUT2D eigenvalue weighted by Crippen LogP contribution is 2.28. The van der Waals surface area contributed by atoms with Gasteiger partial charge in [0, 0.05) is 19.2 Å². The van der Waals surface area contributed by atoms with E-state index >= 15 is 0 Å². The summed E-state index contributed by atoms with van der Waals surface area (Å²) in [7, 11) is -3.67. The van der Waals surface area contributed by atoms with Crippen molar-refractivity contribution in [3.8, 4) is 0 Å². The van der Waals surface area contributed by atoms with Crippen LogP contribution in [0.3, 0.4) is 0 Å². The van der Waals surface area contributed by atoms with Gasteiger partial charge in [0.1, 0.15) is 0 Å². The summed E-state index contributed by atoms with van der Waals surface area (Å²) >= 11 is 6.12. The van der Waals surface area contributed by atoms with Crippen LogP contribution in [0.4, 0.5) is 5.69 Å². The molecular formula is C20H25ClN2O5S. The number of piperidine rings is 1. The number of amides is 1. The van der Waals surface area contributed by atoms with E-state index in [1.54, 1.807) is 19.1 Å². The molecule has 0 radical (unpaired) electrons. The molecule has 0 spiro atoms. The second-order valence-electron chi connectivity index (χ2n) is 6.56. The topological polar surface area (TPSA) is 92.8 Å². The lowest BCUT2D eigenvalue weighted by molar-refractivity contribution is -0.148. The molecule has 0 aromatic heterocycles. The van der Waals surface area contributed by atoms with Gasteiger partial charge in [-0.25, -0.2) is 13.2 Å². The van der Waals surface area contributed by atoms with E-state index in [9.17, 15) is 18.0 Å². The number of ether oxygens (including phenoxy) is 1. The minimum atomic E-state index is -3.67. The van der Waals surface area contributed by atoms with E-state index < -0.39 is 28.0 Å². The Morgan fingerprint density at radius 1 is 1.21 bits per heavy atom. The number of hydrogen-bond donors (Lipinski definition) is 1. The third-order valence-electron chi connectivity index (χ3n) is 4.35. The van der Waals surface area contributed by atoms with E-state index in [1.807, 2.05) is 0 Å². The maximum absolute atomic E-state index is 12.8. The van der Waals surface area contributed by atoms with Crippen LogP contribution in [0.15, 0.2) is 47.4 Å². The first kappa shape index (κ1) is 23.1. The average Bonchev–Trinajstić information content (AvgIpc) is 2.70. The number of carbonyl (C=O) groups excluding carboxylic acids is 2. The highest BCUT2D eigenvalue weighted by Gasteiger charge is 2.27. The normalized spacial score (nSPS) is 16.8. The summed E-state index contributed by atoms with van der Waals surface area (Å²) in [6, 6.07) is 4.16. The van der Waals surface area contributed by atoms with Crippen molar-refractivity contribution in [2.24, 2.45) is 0 Å². The van der Waals surface area contributed by atoms with Gasteiger partial charge in [0.2, 0.25) is 10.0 Å². The van der Waals surface area contributed by atoms with Gasteiger partial charge in [-0.1, -0.05) is 36.2 Å². The van der Waals surface area contributed by atoms with Crippen molar-refractivity contribution in [2.75, 3.05) is 18.4 Å². The van der Waals surface area contributed by atoms with Crippen molar-refractivity contribution in [3.63, 3.8) is 0 Å². The lowest BCUT2D eigenvalue weighted by atomic mass is 10.2. The zero-order valence-corrected chi connectivity index (χ0v) is 18.0. The van der Waals surface area contributed by atoms with E-state index in [2.05, 4.69) is 5.32 Å². The fourth-order valence-electron chi connectivity index (χ4n) is 2.76. The molecule has 2 rings (SSSR count). The number of rotatable bonds is 7. The Bertz CT molecular complexity index is 905. The first-order valence-corrected chi connectivity index (χ1v) is 11.2. The van der Waals surface area contributed by atoms with Gasteiger partial charge in [0.05, 0.1) is 15.6 Å². The van der Waals surface area contributed by atoms with Crippen molar-refractivity contribution >= 4 is 39.2 Å². The molecule has 0 aliphatic carbocycles. The van der Waals surface area contributed by atoms with Crippen LogP contribution >= 0.6 is 11.6 Å². The lowest BCUT2D eigenvalue weighted by Crippen LogP contribution is -2.35. The van der Waals surface area contributed by atoms with Crippen molar-refractivity contribution < 1.29 is 22.7 Å². The Morgan fingerprint density at radius 3 is 2.55 bits per heavy atom. The smallest absolute Gasteiger partial charge is 0.331 e. The van der Waals surface area contributed by atoms with Gasteiger partial charge in [-0.2, -0.15) is 4.31 Å².